The first-order valence-corrected chi connectivity index (χ1v) is 17.3. The van der Waals surface area contributed by atoms with E-state index < -0.39 is 33.1 Å². The molecule has 0 aliphatic carbocycles. The first-order valence-electron chi connectivity index (χ1n) is 15.3. The van der Waals surface area contributed by atoms with Gasteiger partial charge in [-0.1, -0.05) is 71.3 Å². The molecule has 13 heteroatoms. The summed E-state index contributed by atoms with van der Waals surface area (Å²) in [5.74, 6) is -0.280. The van der Waals surface area contributed by atoms with Gasteiger partial charge in [0, 0.05) is 52.7 Å². The Kier molecular flexibility index (Phi) is 11.4. The molecule has 0 aromatic heterocycles. The van der Waals surface area contributed by atoms with Crippen molar-refractivity contribution >= 4 is 38.9 Å². The number of halogens is 1. The fourth-order valence-corrected chi connectivity index (χ4v) is 6.87. The molecule has 0 saturated heterocycles. The Labute approximate surface area is 283 Å². The van der Waals surface area contributed by atoms with Crippen molar-refractivity contribution in [3.8, 4) is 5.75 Å². The molecule has 1 heterocycles. The summed E-state index contributed by atoms with van der Waals surface area (Å²) in [7, 11) is -3.85. The molecule has 1 aliphatic rings. The fourth-order valence-electron chi connectivity index (χ4n) is 5.36. The Morgan fingerprint density at radius 2 is 1.73 bits per heavy atom. The lowest BCUT2D eigenvalue weighted by molar-refractivity contribution is -0.129. The summed E-state index contributed by atoms with van der Waals surface area (Å²) in [6, 6.07) is 28.8. The second-order valence-corrected chi connectivity index (χ2v) is 13.6. The minimum atomic E-state index is -3.85. The van der Waals surface area contributed by atoms with Crippen molar-refractivity contribution in [3.05, 3.63) is 135 Å². The predicted octanol–water partition coefficient (Wildman–Crippen LogP) is 6.52. The standard InChI is InChI=1S/C35H34ClN5O6S/c36-27-15-11-25(12-16-27)19-21-38-34(43)35(20-24-48(44,45)29-7-2-1-3-8-29)32(30-9-4-5-10-31(30)40-41-37)47-33(39-35)26-13-17-28(18-14-26)46-23-6-22-42/h1-5,7-18,32,42H,6,19-24H2,(H,38,43)/t32-,35-/m1/s1. The Bertz CT molecular complexity index is 1900. The van der Waals surface area contributed by atoms with Gasteiger partial charge in [0.05, 0.1) is 17.3 Å². The van der Waals surface area contributed by atoms with Gasteiger partial charge in [0.1, 0.15) is 5.75 Å². The van der Waals surface area contributed by atoms with Gasteiger partial charge in [-0.2, -0.15) is 0 Å². The van der Waals surface area contributed by atoms with E-state index in [2.05, 4.69) is 15.3 Å². The van der Waals surface area contributed by atoms with Crippen LogP contribution in [0.1, 0.15) is 35.6 Å². The highest BCUT2D eigenvalue weighted by atomic mass is 35.5. The summed E-state index contributed by atoms with van der Waals surface area (Å²) in [5.41, 5.74) is 9.63. The average Bonchev–Trinajstić information content (AvgIpc) is 3.50. The van der Waals surface area contributed by atoms with Crippen LogP contribution < -0.4 is 10.1 Å². The number of carbonyl (C=O) groups is 1. The van der Waals surface area contributed by atoms with Gasteiger partial charge in [0.25, 0.3) is 5.91 Å². The van der Waals surface area contributed by atoms with E-state index in [-0.39, 0.29) is 36.1 Å². The second kappa shape index (κ2) is 15.8. The zero-order valence-corrected chi connectivity index (χ0v) is 27.5. The van der Waals surface area contributed by atoms with Gasteiger partial charge in [-0.05, 0) is 66.0 Å². The third-order valence-corrected chi connectivity index (χ3v) is 9.85. The van der Waals surface area contributed by atoms with Crippen molar-refractivity contribution in [1.82, 2.24) is 5.32 Å². The van der Waals surface area contributed by atoms with Gasteiger partial charge in [0.15, 0.2) is 21.5 Å². The highest BCUT2D eigenvalue weighted by Gasteiger charge is 2.54. The third kappa shape index (κ3) is 8.15. The minimum Gasteiger partial charge on any atom is -0.494 e. The number of benzene rings is 4. The molecule has 2 N–H and O–H groups in total. The molecule has 0 unspecified atom stereocenters. The molecule has 2 atom stereocenters. The maximum atomic E-state index is 14.4. The highest BCUT2D eigenvalue weighted by molar-refractivity contribution is 7.91. The van der Waals surface area contributed by atoms with E-state index in [4.69, 9.17) is 31.2 Å². The van der Waals surface area contributed by atoms with Crippen LogP contribution in [-0.2, 0) is 25.8 Å². The summed E-state index contributed by atoms with van der Waals surface area (Å²) in [6.07, 6.45) is -0.420. The van der Waals surface area contributed by atoms with Crippen molar-refractivity contribution < 1.29 is 27.8 Å². The molecule has 0 bridgehead atoms. The minimum absolute atomic E-state index is 0.00524. The van der Waals surface area contributed by atoms with Crippen molar-refractivity contribution in [1.29, 1.82) is 0 Å². The molecule has 0 saturated carbocycles. The third-order valence-electron chi connectivity index (χ3n) is 7.87. The molecule has 1 aliphatic heterocycles. The Morgan fingerprint density at radius 1 is 1.02 bits per heavy atom. The van der Waals surface area contributed by atoms with E-state index in [1.54, 1.807) is 78.9 Å². The number of amides is 1. The lowest BCUT2D eigenvalue weighted by atomic mass is 9.84. The van der Waals surface area contributed by atoms with Crippen LogP contribution in [0.5, 0.6) is 5.75 Å². The van der Waals surface area contributed by atoms with E-state index in [0.717, 1.165) is 5.56 Å². The molecular weight excluding hydrogens is 654 g/mol. The number of hydrogen-bond donors (Lipinski definition) is 2. The van der Waals surface area contributed by atoms with E-state index in [1.165, 1.54) is 12.1 Å². The number of rotatable bonds is 15. The number of carbonyl (C=O) groups excluding carboxylic acids is 1. The van der Waals surface area contributed by atoms with Crippen molar-refractivity contribution in [2.75, 3.05) is 25.5 Å². The number of sulfone groups is 1. The van der Waals surface area contributed by atoms with E-state index in [1.807, 2.05) is 12.1 Å². The van der Waals surface area contributed by atoms with Crippen LogP contribution in [0.3, 0.4) is 0 Å². The Morgan fingerprint density at radius 3 is 2.44 bits per heavy atom. The first kappa shape index (κ1) is 34.5. The molecule has 4 aromatic carbocycles. The number of nitrogens with zero attached hydrogens (tertiary/aromatic N) is 4. The lowest BCUT2D eigenvalue weighted by Crippen LogP contribution is -2.49. The monoisotopic (exact) mass is 687 g/mol. The molecule has 0 fully saturated rings. The van der Waals surface area contributed by atoms with Crippen LogP contribution in [0.4, 0.5) is 5.69 Å². The maximum absolute atomic E-state index is 14.4. The van der Waals surface area contributed by atoms with E-state index in [0.29, 0.717) is 41.3 Å². The van der Waals surface area contributed by atoms with Gasteiger partial charge < -0.3 is 19.9 Å². The second-order valence-electron chi connectivity index (χ2n) is 11.1. The molecule has 4 aromatic rings. The SMILES string of the molecule is [N-]=[N+]=Nc1ccccc1[C@H]1OC(c2ccc(OCCCO)cc2)=N[C@@]1(CCS(=O)(=O)c1ccccc1)C(=O)NCCc1ccc(Cl)cc1. The Hall–Kier alpha value is -4.87. The molecule has 0 spiro atoms. The fraction of sp³-hybridized carbons (Fsp3) is 0.257. The normalized spacial score (nSPS) is 17.1. The first-order chi connectivity index (χ1) is 23.3. The van der Waals surface area contributed by atoms with Crippen LogP contribution >= 0.6 is 11.6 Å². The molecule has 11 nitrogen and oxygen atoms in total. The van der Waals surface area contributed by atoms with Gasteiger partial charge in [-0.3, -0.25) is 4.79 Å². The molecule has 0 radical (unpaired) electrons. The van der Waals surface area contributed by atoms with Crippen LogP contribution in [0.25, 0.3) is 10.4 Å². The van der Waals surface area contributed by atoms with Crippen LogP contribution in [0.15, 0.2) is 118 Å². The van der Waals surface area contributed by atoms with Gasteiger partial charge in [0.2, 0.25) is 5.90 Å². The van der Waals surface area contributed by atoms with Crippen molar-refractivity contribution in [3.63, 3.8) is 0 Å². The topological polar surface area (TPSA) is 163 Å². The number of aliphatic imine (C=N–C) groups is 1. The quantitative estimate of drug-likeness (QED) is 0.0625. The highest BCUT2D eigenvalue weighted by Crippen LogP contribution is 2.46. The molecule has 1 amide bonds. The molecule has 48 heavy (non-hydrogen) atoms. The number of hydrogen-bond acceptors (Lipinski definition) is 8. The van der Waals surface area contributed by atoms with Crippen molar-refractivity contribution in [2.45, 2.75) is 35.8 Å². The van der Waals surface area contributed by atoms with E-state index in [9.17, 15) is 18.7 Å². The van der Waals surface area contributed by atoms with Crippen molar-refractivity contribution in [2.24, 2.45) is 10.1 Å². The zero-order chi connectivity index (χ0) is 34.0. The number of nitrogens with one attached hydrogen (secondary N) is 1. The molecule has 248 valence electrons. The summed E-state index contributed by atoms with van der Waals surface area (Å²) in [4.78, 5) is 22.4. The number of aliphatic hydroxyl groups excluding tert-OH is 1. The Balaban J connectivity index is 1.56. The molecule has 5 rings (SSSR count). The lowest BCUT2D eigenvalue weighted by Gasteiger charge is -2.31. The zero-order valence-electron chi connectivity index (χ0n) is 25.9. The smallest absolute Gasteiger partial charge is 0.252 e. The maximum Gasteiger partial charge on any atom is 0.252 e. The van der Waals surface area contributed by atoms with Gasteiger partial charge >= 0.3 is 0 Å². The summed E-state index contributed by atoms with van der Waals surface area (Å²) in [5, 5.41) is 16.5. The van der Waals surface area contributed by atoms with E-state index >= 15 is 0 Å². The number of aliphatic hydroxyl groups is 1. The van der Waals surface area contributed by atoms with Crippen LogP contribution in [0, 0.1) is 0 Å². The predicted molar refractivity (Wildman–Crippen MR) is 183 cm³/mol. The summed E-state index contributed by atoms with van der Waals surface area (Å²) >= 11 is 6.03. The number of azide groups is 1. The van der Waals surface area contributed by atoms with Gasteiger partial charge in [-0.25, -0.2) is 13.4 Å². The van der Waals surface area contributed by atoms with Crippen LogP contribution in [-0.4, -0.2) is 56.4 Å². The number of ether oxygens (including phenoxy) is 2. The van der Waals surface area contributed by atoms with Gasteiger partial charge in [-0.15, -0.1) is 0 Å². The average molecular weight is 688 g/mol. The largest absolute Gasteiger partial charge is 0.494 e. The summed E-state index contributed by atoms with van der Waals surface area (Å²) in [6.45, 7) is 0.565. The summed E-state index contributed by atoms with van der Waals surface area (Å²) < 4.78 is 39.2. The van der Waals surface area contributed by atoms with Crippen LogP contribution in [0.2, 0.25) is 5.02 Å². The molecular formula is C35H34ClN5O6S.